The summed E-state index contributed by atoms with van der Waals surface area (Å²) in [4.78, 5) is 0. The van der Waals surface area contributed by atoms with E-state index in [-0.39, 0.29) is 6.29 Å². The van der Waals surface area contributed by atoms with Crippen LogP contribution >= 0.6 is 0 Å². The molecule has 0 spiro atoms. The monoisotopic (exact) mass is 154 g/mol. The lowest BCUT2D eigenvalue weighted by Crippen LogP contribution is -2.01. The average molecular weight is 154 g/mol. The third kappa shape index (κ3) is 3.35. The van der Waals surface area contributed by atoms with Crippen molar-refractivity contribution in [3.05, 3.63) is 24.3 Å². The second kappa shape index (κ2) is 5.10. The lowest BCUT2D eigenvalue weighted by atomic mass is 10.4. The molecule has 0 saturated carbocycles. The van der Waals surface area contributed by atoms with Crippen molar-refractivity contribution < 1.29 is 9.47 Å². The summed E-state index contributed by atoms with van der Waals surface area (Å²) in [6.45, 7) is 3.53. The summed E-state index contributed by atoms with van der Waals surface area (Å²) in [5.41, 5.74) is 0. The Morgan fingerprint density at radius 2 is 2.00 bits per heavy atom. The lowest BCUT2D eigenvalue weighted by molar-refractivity contribution is -0.00152. The highest BCUT2D eigenvalue weighted by atomic mass is 16.7. The fourth-order valence-electron chi connectivity index (χ4n) is 0.857. The molecule has 0 aromatic carbocycles. The predicted octanol–water partition coefficient (Wildman–Crippen LogP) is 1.88. The normalized spacial score (nSPS) is 20.8. The van der Waals surface area contributed by atoms with Gasteiger partial charge in [-0.05, 0) is 12.5 Å². The van der Waals surface area contributed by atoms with Crippen LogP contribution in [0.2, 0.25) is 0 Å². The fourth-order valence-corrected chi connectivity index (χ4v) is 0.857. The molecule has 62 valence electrons. The number of allylic oxidation sites excluding steroid dienone is 3. The minimum Gasteiger partial charge on any atom is -0.347 e. The molecule has 0 radical (unpaired) electrons. The van der Waals surface area contributed by atoms with Gasteiger partial charge in [0, 0.05) is 0 Å². The first-order chi connectivity index (χ1) is 5.43. The SMILES string of the molecule is CC/C=C/C=C/C1OCCO1. The smallest absolute Gasteiger partial charge is 0.177 e. The Kier molecular flexibility index (Phi) is 3.94. The molecule has 1 rings (SSSR count). The molecule has 0 bridgehead atoms. The first-order valence-electron chi connectivity index (χ1n) is 4.00. The maximum Gasteiger partial charge on any atom is 0.177 e. The van der Waals surface area contributed by atoms with Crippen molar-refractivity contribution in [2.75, 3.05) is 13.2 Å². The summed E-state index contributed by atoms with van der Waals surface area (Å²) >= 11 is 0. The van der Waals surface area contributed by atoms with Crippen LogP contribution in [-0.2, 0) is 9.47 Å². The van der Waals surface area contributed by atoms with E-state index in [4.69, 9.17) is 9.47 Å². The molecule has 0 aliphatic carbocycles. The molecule has 1 aliphatic heterocycles. The van der Waals surface area contributed by atoms with Crippen LogP contribution in [0.4, 0.5) is 0 Å². The van der Waals surface area contributed by atoms with Crippen LogP contribution in [0.25, 0.3) is 0 Å². The minimum absolute atomic E-state index is 0.114. The van der Waals surface area contributed by atoms with Crippen LogP contribution in [0.3, 0.4) is 0 Å². The summed E-state index contributed by atoms with van der Waals surface area (Å²) in [7, 11) is 0. The third-order valence-electron chi connectivity index (χ3n) is 1.40. The second-order valence-corrected chi connectivity index (χ2v) is 2.33. The third-order valence-corrected chi connectivity index (χ3v) is 1.40. The summed E-state index contributed by atoms with van der Waals surface area (Å²) in [6, 6.07) is 0. The Morgan fingerprint density at radius 3 is 2.64 bits per heavy atom. The van der Waals surface area contributed by atoms with Crippen molar-refractivity contribution in [2.45, 2.75) is 19.6 Å². The molecule has 1 aliphatic rings. The highest BCUT2D eigenvalue weighted by Crippen LogP contribution is 2.04. The van der Waals surface area contributed by atoms with Gasteiger partial charge in [-0.15, -0.1) is 0 Å². The van der Waals surface area contributed by atoms with Crippen molar-refractivity contribution in [2.24, 2.45) is 0 Å². The van der Waals surface area contributed by atoms with E-state index in [0.717, 1.165) is 6.42 Å². The molecule has 11 heavy (non-hydrogen) atoms. The van der Waals surface area contributed by atoms with Gasteiger partial charge in [-0.1, -0.05) is 25.2 Å². The van der Waals surface area contributed by atoms with Crippen LogP contribution in [0, 0.1) is 0 Å². The number of hydrogen-bond acceptors (Lipinski definition) is 2. The van der Waals surface area contributed by atoms with Crippen molar-refractivity contribution in [3.8, 4) is 0 Å². The molecule has 0 aromatic heterocycles. The molecular formula is C9H14O2. The van der Waals surface area contributed by atoms with Crippen LogP contribution in [-0.4, -0.2) is 19.5 Å². The maximum absolute atomic E-state index is 5.19. The molecule has 0 atom stereocenters. The predicted molar refractivity (Wildman–Crippen MR) is 44.3 cm³/mol. The van der Waals surface area contributed by atoms with E-state index in [1.165, 1.54) is 0 Å². The van der Waals surface area contributed by atoms with Gasteiger partial charge < -0.3 is 9.47 Å². The van der Waals surface area contributed by atoms with E-state index in [9.17, 15) is 0 Å². The minimum atomic E-state index is -0.114. The Balaban J connectivity index is 2.17. The van der Waals surface area contributed by atoms with Crippen LogP contribution in [0.1, 0.15) is 13.3 Å². The Labute approximate surface area is 67.5 Å². The van der Waals surface area contributed by atoms with Crippen molar-refractivity contribution in [1.29, 1.82) is 0 Å². The quantitative estimate of drug-likeness (QED) is 0.578. The zero-order valence-corrected chi connectivity index (χ0v) is 6.82. The fraction of sp³-hybridized carbons (Fsp3) is 0.556. The van der Waals surface area contributed by atoms with Gasteiger partial charge >= 0.3 is 0 Å². The Morgan fingerprint density at radius 1 is 1.27 bits per heavy atom. The second-order valence-electron chi connectivity index (χ2n) is 2.33. The van der Waals surface area contributed by atoms with Crippen LogP contribution in [0.5, 0.6) is 0 Å². The molecule has 1 saturated heterocycles. The zero-order valence-electron chi connectivity index (χ0n) is 6.82. The van der Waals surface area contributed by atoms with Crippen LogP contribution in [0.15, 0.2) is 24.3 Å². The van der Waals surface area contributed by atoms with E-state index in [1.54, 1.807) is 0 Å². The largest absolute Gasteiger partial charge is 0.347 e. The Hall–Kier alpha value is -0.600. The first-order valence-corrected chi connectivity index (χ1v) is 4.00. The van der Waals surface area contributed by atoms with Gasteiger partial charge in [0.2, 0.25) is 0 Å². The molecule has 0 N–H and O–H groups in total. The number of hydrogen-bond donors (Lipinski definition) is 0. The molecule has 0 amide bonds. The molecule has 1 fully saturated rings. The van der Waals surface area contributed by atoms with Gasteiger partial charge in [0.05, 0.1) is 13.2 Å². The lowest BCUT2D eigenvalue weighted by Gasteiger charge is -1.99. The van der Waals surface area contributed by atoms with Crippen molar-refractivity contribution >= 4 is 0 Å². The summed E-state index contributed by atoms with van der Waals surface area (Å²) in [5, 5.41) is 0. The molecule has 0 unspecified atom stereocenters. The highest BCUT2D eigenvalue weighted by Gasteiger charge is 2.10. The van der Waals surface area contributed by atoms with Gasteiger partial charge in [-0.3, -0.25) is 0 Å². The first kappa shape index (κ1) is 8.50. The van der Waals surface area contributed by atoms with Gasteiger partial charge in [0.25, 0.3) is 0 Å². The Bertz CT molecular complexity index is 144. The highest BCUT2D eigenvalue weighted by molar-refractivity contribution is 5.03. The molecule has 2 nitrogen and oxygen atoms in total. The molecule has 2 heteroatoms. The number of rotatable bonds is 3. The van der Waals surface area contributed by atoms with E-state index in [1.807, 2.05) is 18.2 Å². The van der Waals surface area contributed by atoms with Gasteiger partial charge in [-0.25, -0.2) is 0 Å². The van der Waals surface area contributed by atoms with Crippen molar-refractivity contribution in [3.63, 3.8) is 0 Å². The van der Waals surface area contributed by atoms with Crippen LogP contribution < -0.4 is 0 Å². The van der Waals surface area contributed by atoms with Gasteiger partial charge in [0.15, 0.2) is 6.29 Å². The summed E-state index contributed by atoms with van der Waals surface area (Å²) in [5.74, 6) is 0. The van der Waals surface area contributed by atoms with E-state index < -0.39 is 0 Å². The van der Waals surface area contributed by atoms with Gasteiger partial charge in [-0.2, -0.15) is 0 Å². The summed E-state index contributed by atoms with van der Waals surface area (Å²) in [6.07, 6.45) is 8.92. The maximum atomic E-state index is 5.19. The molecular weight excluding hydrogens is 140 g/mol. The molecule has 1 heterocycles. The van der Waals surface area contributed by atoms with E-state index in [2.05, 4.69) is 13.0 Å². The topological polar surface area (TPSA) is 18.5 Å². The summed E-state index contributed by atoms with van der Waals surface area (Å²) < 4.78 is 10.4. The van der Waals surface area contributed by atoms with E-state index in [0.29, 0.717) is 13.2 Å². The zero-order chi connectivity index (χ0) is 7.94. The van der Waals surface area contributed by atoms with Gasteiger partial charge in [0.1, 0.15) is 0 Å². The van der Waals surface area contributed by atoms with E-state index >= 15 is 0 Å². The van der Waals surface area contributed by atoms with Crippen molar-refractivity contribution in [1.82, 2.24) is 0 Å². The molecule has 0 aromatic rings. The standard InChI is InChI=1S/C9H14O2/c1-2-3-4-5-6-9-10-7-8-11-9/h3-6,9H,2,7-8H2,1H3/b4-3+,6-5+. The number of ether oxygens (including phenoxy) is 2. The average Bonchev–Trinajstić information content (AvgIpc) is 2.50.